The summed E-state index contributed by atoms with van der Waals surface area (Å²) in [6.45, 7) is 1.78. The Balaban J connectivity index is 1.60. The van der Waals surface area contributed by atoms with Gasteiger partial charge in [0.25, 0.3) is 0 Å². The number of Topliss-reactive ketones (excluding diaryl/α,β-unsaturated/α-hetero) is 1. The fourth-order valence-corrected chi connectivity index (χ4v) is 3.15. The Morgan fingerprint density at radius 2 is 1.93 bits per heavy atom. The van der Waals surface area contributed by atoms with Crippen LogP contribution < -0.4 is 9.47 Å². The Morgan fingerprint density at radius 3 is 2.64 bits per heavy atom. The van der Waals surface area contributed by atoms with Gasteiger partial charge < -0.3 is 9.47 Å². The molecule has 0 saturated carbocycles. The molecule has 0 fully saturated rings. The highest BCUT2D eigenvalue weighted by Gasteiger charge is 2.30. The number of ether oxygens (including phenoxy) is 2. The molecule has 3 aromatic rings. The van der Waals surface area contributed by atoms with Gasteiger partial charge in [0.05, 0.1) is 16.8 Å². The molecule has 0 spiro atoms. The lowest BCUT2D eigenvalue weighted by Crippen LogP contribution is -2.08. The number of rotatable bonds is 3. The van der Waals surface area contributed by atoms with Crippen molar-refractivity contribution in [3.8, 4) is 11.5 Å². The predicted octanol–water partition coefficient (Wildman–Crippen LogP) is 4.99. The monoisotopic (exact) mass is 435 g/mol. The summed E-state index contributed by atoms with van der Waals surface area (Å²) in [5.41, 5.74) is 2.18. The van der Waals surface area contributed by atoms with Gasteiger partial charge >= 0.3 is 5.97 Å². The van der Waals surface area contributed by atoms with E-state index in [9.17, 15) is 9.59 Å². The zero-order valence-electron chi connectivity index (χ0n) is 14.8. The van der Waals surface area contributed by atoms with Gasteiger partial charge in [0.2, 0.25) is 5.78 Å². The van der Waals surface area contributed by atoms with Crippen molar-refractivity contribution in [3.63, 3.8) is 0 Å². The minimum Gasteiger partial charge on any atom is -0.452 e. The molecule has 2 heterocycles. The van der Waals surface area contributed by atoms with E-state index < -0.39 is 5.97 Å². The van der Waals surface area contributed by atoms with Crippen LogP contribution in [0.4, 0.5) is 0 Å². The van der Waals surface area contributed by atoms with Gasteiger partial charge in [-0.3, -0.25) is 9.78 Å². The van der Waals surface area contributed by atoms with Crippen LogP contribution in [0.25, 0.3) is 6.08 Å². The van der Waals surface area contributed by atoms with Gasteiger partial charge in [-0.25, -0.2) is 4.79 Å². The zero-order valence-corrected chi connectivity index (χ0v) is 16.4. The second kappa shape index (κ2) is 7.40. The number of halogens is 1. The number of pyridine rings is 1. The lowest BCUT2D eigenvalue weighted by molar-refractivity contribution is 0.0734. The molecule has 138 valence electrons. The number of nitrogens with zero attached hydrogens (tertiary/aromatic N) is 1. The molecule has 0 bridgehead atoms. The van der Waals surface area contributed by atoms with Gasteiger partial charge in [0.15, 0.2) is 5.76 Å². The van der Waals surface area contributed by atoms with E-state index in [2.05, 4.69) is 20.9 Å². The number of ketones is 1. The number of esters is 1. The number of fused-ring (bicyclic) bond motifs is 1. The fourth-order valence-electron chi connectivity index (χ4n) is 2.88. The largest absolute Gasteiger partial charge is 0.452 e. The average molecular weight is 436 g/mol. The predicted molar refractivity (Wildman–Crippen MR) is 107 cm³/mol. The van der Waals surface area contributed by atoms with Crippen molar-refractivity contribution in [1.29, 1.82) is 0 Å². The van der Waals surface area contributed by atoms with Crippen LogP contribution in [0.1, 0.15) is 32.0 Å². The molecule has 4 rings (SSSR count). The molecule has 5 nitrogen and oxygen atoms in total. The smallest absolute Gasteiger partial charge is 0.343 e. The molecular weight excluding hydrogens is 422 g/mol. The maximum atomic E-state index is 12.7. The van der Waals surface area contributed by atoms with Crippen LogP contribution >= 0.6 is 15.9 Å². The first kappa shape index (κ1) is 18.1. The number of benzene rings is 2. The van der Waals surface area contributed by atoms with E-state index in [0.717, 1.165) is 4.47 Å². The van der Waals surface area contributed by atoms with Crippen LogP contribution in [0.15, 0.2) is 71.0 Å². The number of carbonyl (C=O) groups excluding carboxylic acids is 2. The van der Waals surface area contributed by atoms with Crippen molar-refractivity contribution in [3.05, 3.63) is 93.4 Å². The first-order chi connectivity index (χ1) is 13.5. The first-order valence-electron chi connectivity index (χ1n) is 8.49. The van der Waals surface area contributed by atoms with Gasteiger partial charge in [-0.1, -0.05) is 22.0 Å². The molecular formula is C22H14BrNO4. The Morgan fingerprint density at radius 1 is 1.14 bits per heavy atom. The van der Waals surface area contributed by atoms with Crippen LogP contribution in [0.5, 0.6) is 11.5 Å². The minimum absolute atomic E-state index is 0.188. The molecule has 0 N–H and O–H groups in total. The standard InChI is InChI=1S/C22H14BrNO4/c1-13-10-17(27-22(26)14-5-7-15(23)8-6-14)12-18-20(13)21(25)19(28-18)11-16-4-2-3-9-24-16/h2-12H,1H3/b19-11-. The minimum atomic E-state index is -0.486. The number of hydrogen-bond donors (Lipinski definition) is 0. The van der Waals surface area contributed by atoms with Crippen molar-refractivity contribution in [2.75, 3.05) is 0 Å². The Kier molecular flexibility index (Phi) is 4.79. The normalized spacial score (nSPS) is 13.9. The third kappa shape index (κ3) is 3.59. The Hall–Kier alpha value is -3.25. The molecule has 6 heteroatoms. The molecule has 0 atom stereocenters. The molecule has 1 aliphatic heterocycles. The fraction of sp³-hybridized carbons (Fsp3) is 0.0455. The number of allylic oxidation sites excluding steroid dienone is 1. The van der Waals surface area contributed by atoms with Gasteiger partial charge in [0, 0.05) is 22.8 Å². The average Bonchev–Trinajstić information content (AvgIpc) is 2.99. The Bertz CT molecular complexity index is 1110. The quantitative estimate of drug-likeness (QED) is 0.329. The van der Waals surface area contributed by atoms with Gasteiger partial charge in [0.1, 0.15) is 11.5 Å². The van der Waals surface area contributed by atoms with E-state index in [4.69, 9.17) is 9.47 Å². The summed E-state index contributed by atoms with van der Waals surface area (Å²) in [6.07, 6.45) is 3.24. The van der Waals surface area contributed by atoms with Crippen molar-refractivity contribution in [2.45, 2.75) is 6.92 Å². The van der Waals surface area contributed by atoms with Crippen LogP contribution in [0.2, 0.25) is 0 Å². The highest BCUT2D eigenvalue weighted by atomic mass is 79.9. The highest BCUT2D eigenvalue weighted by molar-refractivity contribution is 9.10. The van der Waals surface area contributed by atoms with Crippen LogP contribution in [-0.2, 0) is 0 Å². The summed E-state index contributed by atoms with van der Waals surface area (Å²) in [4.78, 5) is 29.2. The zero-order chi connectivity index (χ0) is 19.7. The molecule has 0 amide bonds. The molecule has 0 unspecified atom stereocenters. The van der Waals surface area contributed by atoms with Gasteiger partial charge in [-0.05, 0) is 55.0 Å². The number of aromatic nitrogens is 1. The summed E-state index contributed by atoms with van der Waals surface area (Å²) in [6, 6.07) is 15.5. The summed E-state index contributed by atoms with van der Waals surface area (Å²) < 4.78 is 12.1. The van der Waals surface area contributed by atoms with E-state index in [1.165, 1.54) is 0 Å². The second-order valence-electron chi connectivity index (χ2n) is 6.20. The van der Waals surface area contributed by atoms with Crippen molar-refractivity contribution in [1.82, 2.24) is 4.98 Å². The molecule has 0 radical (unpaired) electrons. The third-order valence-corrected chi connectivity index (χ3v) is 4.73. The topological polar surface area (TPSA) is 65.5 Å². The summed E-state index contributed by atoms with van der Waals surface area (Å²) in [5, 5.41) is 0. The Labute approximate surface area is 169 Å². The SMILES string of the molecule is Cc1cc(OC(=O)c2ccc(Br)cc2)cc2c1C(=O)/C(=C/c1ccccn1)O2. The highest BCUT2D eigenvalue weighted by Crippen LogP contribution is 2.37. The maximum Gasteiger partial charge on any atom is 0.343 e. The summed E-state index contributed by atoms with van der Waals surface area (Å²) >= 11 is 3.33. The van der Waals surface area contributed by atoms with Gasteiger partial charge in [-0.2, -0.15) is 0 Å². The maximum absolute atomic E-state index is 12.7. The van der Waals surface area contributed by atoms with Crippen molar-refractivity contribution in [2.24, 2.45) is 0 Å². The summed E-state index contributed by atoms with van der Waals surface area (Å²) in [7, 11) is 0. The van der Waals surface area contributed by atoms with E-state index >= 15 is 0 Å². The third-order valence-electron chi connectivity index (χ3n) is 4.20. The van der Waals surface area contributed by atoms with E-state index in [1.54, 1.807) is 67.7 Å². The molecule has 0 aliphatic carbocycles. The number of aryl methyl sites for hydroxylation is 1. The molecule has 0 saturated heterocycles. The first-order valence-corrected chi connectivity index (χ1v) is 9.28. The second-order valence-corrected chi connectivity index (χ2v) is 7.12. The number of hydrogen-bond acceptors (Lipinski definition) is 5. The van der Waals surface area contributed by atoms with Crippen LogP contribution in [0.3, 0.4) is 0 Å². The molecule has 2 aromatic carbocycles. The van der Waals surface area contributed by atoms with Crippen molar-refractivity contribution < 1.29 is 19.1 Å². The van der Waals surface area contributed by atoms with Crippen LogP contribution in [0, 0.1) is 6.92 Å². The van der Waals surface area contributed by atoms with E-state index in [0.29, 0.717) is 33.9 Å². The lowest BCUT2D eigenvalue weighted by Gasteiger charge is -2.08. The molecule has 1 aromatic heterocycles. The molecule has 28 heavy (non-hydrogen) atoms. The van der Waals surface area contributed by atoms with Gasteiger partial charge in [-0.15, -0.1) is 0 Å². The number of carbonyl (C=O) groups is 2. The van der Waals surface area contributed by atoms with Crippen molar-refractivity contribution >= 4 is 33.8 Å². The molecule has 1 aliphatic rings. The summed E-state index contributed by atoms with van der Waals surface area (Å²) in [5.74, 6) is 0.166. The van der Waals surface area contributed by atoms with Crippen LogP contribution in [-0.4, -0.2) is 16.7 Å². The lowest BCUT2D eigenvalue weighted by atomic mass is 10.0. The van der Waals surface area contributed by atoms with E-state index in [-0.39, 0.29) is 11.5 Å². The van der Waals surface area contributed by atoms with E-state index in [1.807, 2.05) is 6.07 Å².